The molecule has 2 aromatic rings. The highest BCUT2D eigenvalue weighted by atomic mass is 16.6. The van der Waals surface area contributed by atoms with Gasteiger partial charge >= 0.3 is 0 Å². The number of nitrogens with one attached hydrogen (secondary N) is 2. The molecular weight excluding hydrogens is 250 g/mol. The Bertz CT molecular complexity index is 650. The summed E-state index contributed by atoms with van der Waals surface area (Å²) in [5.74, 6) is -0.264. The molecule has 8 nitrogen and oxygen atoms in total. The molecule has 98 valence electrons. The van der Waals surface area contributed by atoms with E-state index in [1.807, 2.05) is 0 Å². The first-order valence-electron chi connectivity index (χ1n) is 5.34. The molecule has 0 bridgehead atoms. The van der Waals surface area contributed by atoms with Crippen LogP contribution in [0.5, 0.6) is 0 Å². The van der Waals surface area contributed by atoms with Crippen LogP contribution in [0.4, 0.5) is 17.2 Å². The number of amides is 1. The van der Waals surface area contributed by atoms with E-state index in [1.165, 1.54) is 24.4 Å². The summed E-state index contributed by atoms with van der Waals surface area (Å²) in [7, 11) is 0. The summed E-state index contributed by atoms with van der Waals surface area (Å²) in [4.78, 5) is 22.0. The van der Waals surface area contributed by atoms with Gasteiger partial charge < -0.3 is 11.1 Å². The maximum absolute atomic E-state index is 11.9. The Hall–Kier alpha value is -2.90. The summed E-state index contributed by atoms with van der Waals surface area (Å²) in [6.07, 6.45) is 1.31. The lowest BCUT2D eigenvalue weighted by atomic mass is 10.1. The van der Waals surface area contributed by atoms with Crippen LogP contribution >= 0.6 is 0 Å². The minimum Gasteiger partial charge on any atom is -0.383 e. The summed E-state index contributed by atoms with van der Waals surface area (Å²) in [5.41, 5.74) is 6.79. The number of nitrogen functional groups attached to an aromatic ring is 1. The molecule has 0 aliphatic heterocycles. The second kappa shape index (κ2) is 4.77. The molecule has 1 aromatic carbocycles. The van der Waals surface area contributed by atoms with Gasteiger partial charge in [-0.15, -0.1) is 0 Å². The molecule has 4 N–H and O–H groups in total. The number of rotatable bonds is 3. The summed E-state index contributed by atoms with van der Waals surface area (Å²) < 4.78 is 0. The van der Waals surface area contributed by atoms with Gasteiger partial charge in [-0.2, -0.15) is 5.10 Å². The van der Waals surface area contributed by atoms with Crippen molar-refractivity contribution in [3.63, 3.8) is 0 Å². The van der Waals surface area contributed by atoms with Gasteiger partial charge in [-0.05, 0) is 18.6 Å². The number of nitrogens with zero attached hydrogens (tertiary/aromatic N) is 2. The molecule has 0 aliphatic carbocycles. The van der Waals surface area contributed by atoms with Crippen molar-refractivity contribution in [2.45, 2.75) is 6.92 Å². The topological polar surface area (TPSA) is 127 Å². The molecule has 0 saturated heterocycles. The average Bonchev–Trinajstić information content (AvgIpc) is 2.77. The highest BCUT2D eigenvalue weighted by molar-refractivity contribution is 6.07. The Morgan fingerprint density at radius 1 is 1.53 bits per heavy atom. The molecule has 19 heavy (non-hydrogen) atoms. The van der Waals surface area contributed by atoms with Gasteiger partial charge in [0, 0.05) is 17.8 Å². The summed E-state index contributed by atoms with van der Waals surface area (Å²) in [5, 5.41) is 19.3. The predicted molar refractivity (Wildman–Crippen MR) is 68.8 cm³/mol. The molecular formula is C11H11N5O3. The molecule has 0 aliphatic rings. The van der Waals surface area contributed by atoms with Crippen LogP contribution < -0.4 is 11.1 Å². The fraction of sp³-hybridized carbons (Fsp3) is 0.0909. The van der Waals surface area contributed by atoms with Gasteiger partial charge in [0.05, 0.1) is 11.1 Å². The van der Waals surface area contributed by atoms with Crippen LogP contribution in [0.25, 0.3) is 0 Å². The first-order chi connectivity index (χ1) is 8.99. The number of aromatic nitrogens is 2. The Balaban J connectivity index is 2.23. The van der Waals surface area contributed by atoms with Crippen LogP contribution in [0.3, 0.4) is 0 Å². The number of hydrogen-bond donors (Lipinski definition) is 3. The number of nitro benzene ring substituents is 1. The normalized spacial score (nSPS) is 10.2. The van der Waals surface area contributed by atoms with Gasteiger partial charge in [-0.1, -0.05) is 0 Å². The summed E-state index contributed by atoms with van der Waals surface area (Å²) >= 11 is 0. The van der Waals surface area contributed by atoms with Crippen molar-refractivity contribution < 1.29 is 9.72 Å². The largest absolute Gasteiger partial charge is 0.383 e. The van der Waals surface area contributed by atoms with Crippen molar-refractivity contribution in [3.8, 4) is 0 Å². The quantitative estimate of drug-likeness (QED) is 0.569. The molecule has 0 spiro atoms. The first kappa shape index (κ1) is 12.6. The minimum absolute atomic E-state index is 0.0293. The number of nitrogens with two attached hydrogens (primary N) is 1. The van der Waals surface area contributed by atoms with Crippen LogP contribution in [0.15, 0.2) is 24.4 Å². The van der Waals surface area contributed by atoms with Gasteiger partial charge in [0.25, 0.3) is 11.6 Å². The molecule has 0 radical (unpaired) electrons. The van der Waals surface area contributed by atoms with Crippen LogP contribution in [0.2, 0.25) is 0 Å². The monoisotopic (exact) mass is 261 g/mol. The molecule has 1 aromatic heterocycles. The van der Waals surface area contributed by atoms with Crippen LogP contribution in [-0.4, -0.2) is 21.0 Å². The zero-order valence-electron chi connectivity index (χ0n) is 10.0. The van der Waals surface area contributed by atoms with Crippen LogP contribution in [0, 0.1) is 17.0 Å². The van der Waals surface area contributed by atoms with E-state index in [0.29, 0.717) is 11.3 Å². The standard InChI is InChI=1S/C11H11N5O3/c1-6-4-7(16(18)19)2-3-9(6)14-11(17)8-5-13-15-10(8)12/h2-5H,1H3,(H,14,17)(H3,12,13,15). The molecule has 0 unspecified atom stereocenters. The van der Waals surface area contributed by atoms with Crippen molar-refractivity contribution in [2.75, 3.05) is 11.1 Å². The number of carbonyl (C=O) groups is 1. The van der Waals surface area contributed by atoms with Gasteiger partial charge in [0.1, 0.15) is 11.4 Å². The number of aryl methyl sites for hydroxylation is 1. The number of hydrogen-bond acceptors (Lipinski definition) is 5. The molecule has 8 heteroatoms. The Labute approximate surface area is 107 Å². The number of non-ortho nitro benzene ring substituents is 1. The van der Waals surface area contributed by atoms with Gasteiger partial charge in [-0.25, -0.2) is 0 Å². The number of nitro groups is 1. The van der Waals surface area contributed by atoms with E-state index in [-0.39, 0.29) is 17.1 Å². The van der Waals surface area contributed by atoms with Crippen LogP contribution in [-0.2, 0) is 0 Å². The number of anilines is 2. The van der Waals surface area contributed by atoms with Gasteiger partial charge in [0.2, 0.25) is 0 Å². The number of benzene rings is 1. The second-order valence-electron chi connectivity index (χ2n) is 3.91. The molecule has 0 saturated carbocycles. The van der Waals surface area contributed by atoms with Crippen molar-refractivity contribution in [1.82, 2.24) is 10.2 Å². The smallest absolute Gasteiger partial charge is 0.269 e. The maximum Gasteiger partial charge on any atom is 0.269 e. The SMILES string of the molecule is Cc1cc([N+](=O)[O-])ccc1NC(=O)c1cn[nH]c1N. The average molecular weight is 261 g/mol. The van der Waals surface area contributed by atoms with Crippen LogP contribution in [0.1, 0.15) is 15.9 Å². The van der Waals surface area contributed by atoms with E-state index in [2.05, 4.69) is 15.5 Å². The Kier molecular flexibility index (Phi) is 3.15. The lowest BCUT2D eigenvalue weighted by Crippen LogP contribution is -2.13. The fourth-order valence-electron chi connectivity index (χ4n) is 1.57. The molecule has 0 atom stereocenters. The molecule has 0 fully saturated rings. The highest BCUT2D eigenvalue weighted by Gasteiger charge is 2.14. The molecule has 1 heterocycles. The third-order valence-electron chi connectivity index (χ3n) is 2.58. The third-order valence-corrected chi connectivity index (χ3v) is 2.58. The zero-order valence-corrected chi connectivity index (χ0v) is 10.0. The number of carbonyl (C=O) groups excluding carboxylic acids is 1. The minimum atomic E-state index is -0.493. The van der Waals surface area contributed by atoms with Gasteiger partial charge in [-0.3, -0.25) is 20.0 Å². The molecule has 1 amide bonds. The zero-order chi connectivity index (χ0) is 14.0. The Morgan fingerprint density at radius 3 is 2.79 bits per heavy atom. The van der Waals surface area contributed by atoms with Crippen molar-refractivity contribution in [1.29, 1.82) is 0 Å². The van der Waals surface area contributed by atoms with Gasteiger partial charge in [0.15, 0.2) is 0 Å². The fourth-order valence-corrected chi connectivity index (χ4v) is 1.57. The third kappa shape index (κ3) is 2.51. The molecule has 2 rings (SSSR count). The predicted octanol–water partition coefficient (Wildman–Crippen LogP) is 1.46. The van der Waals surface area contributed by atoms with Crippen molar-refractivity contribution in [3.05, 3.63) is 45.6 Å². The van der Waals surface area contributed by atoms with E-state index in [9.17, 15) is 14.9 Å². The van der Waals surface area contributed by atoms with E-state index in [1.54, 1.807) is 6.92 Å². The lowest BCUT2D eigenvalue weighted by molar-refractivity contribution is -0.384. The van der Waals surface area contributed by atoms with E-state index < -0.39 is 10.8 Å². The Morgan fingerprint density at radius 2 is 2.26 bits per heavy atom. The number of aromatic amines is 1. The summed E-state index contributed by atoms with van der Waals surface area (Å²) in [6, 6.07) is 4.18. The number of H-pyrrole nitrogens is 1. The lowest BCUT2D eigenvalue weighted by Gasteiger charge is -2.07. The van der Waals surface area contributed by atoms with Crippen molar-refractivity contribution in [2.24, 2.45) is 0 Å². The first-order valence-corrected chi connectivity index (χ1v) is 5.34. The maximum atomic E-state index is 11.9. The summed E-state index contributed by atoms with van der Waals surface area (Å²) in [6.45, 7) is 1.67. The van der Waals surface area contributed by atoms with E-state index >= 15 is 0 Å². The highest BCUT2D eigenvalue weighted by Crippen LogP contribution is 2.22. The van der Waals surface area contributed by atoms with Crippen molar-refractivity contribution >= 4 is 23.1 Å². The van der Waals surface area contributed by atoms with E-state index in [0.717, 1.165) is 0 Å². The second-order valence-corrected chi connectivity index (χ2v) is 3.91. The van der Waals surface area contributed by atoms with E-state index in [4.69, 9.17) is 5.73 Å².